The van der Waals surface area contributed by atoms with Gasteiger partial charge in [-0.2, -0.15) is 0 Å². The lowest BCUT2D eigenvalue weighted by atomic mass is 10.3. The highest BCUT2D eigenvalue weighted by Crippen LogP contribution is 2.27. The van der Waals surface area contributed by atoms with Crippen molar-refractivity contribution in [3.63, 3.8) is 0 Å². The van der Waals surface area contributed by atoms with E-state index < -0.39 is 0 Å². The Balaban J connectivity index is 2.07. The molecule has 0 aliphatic carbocycles. The summed E-state index contributed by atoms with van der Waals surface area (Å²) in [6.45, 7) is 2.43. The van der Waals surface area contributed by atoms with Gasteiger partial charge in [0, 0.05) is 11.8 Å². The molecule has 5 nitrogen and oxygen atoms in total. The number of nitrogens with zero attached hydrogens (tertiary/aromatic N) is 2. The third kappa shape index (κ3) is 2.76. The molecule has 2 aromatic rings. The van der Waals surface area contributed by atoms with E-state index in [1.807, 2.05) is 25.1 Å². The van der Waals surface area contributed by atoms with Crippen molar-refractivity contribution in [2.45, 2.75) is 13.5 Å². The third-order valence-corrected chi connectivity index (χ3v) is 3.01. The zero-order chi connectivity index (χ0) is 12.3. The van der Waals surface area contributed by atoms with E-state index in [9.17, 15) is 0 Å². The van der Waals surface area contributed by atoms with E-state index in [1.165, 1.54) is 0 Å². The first kappa shape index (κ1) is 11.9. The number of rotatable bonds is 4. The van der Waals surface area contributed by atoms with Crippen LogP contribution in [0.3, 0.4) is 0 Å². The van der Waals surface area contributed by atoms with E-state index in [2.05, 4.69) is 36.2 Å². The first-order chi connectivity index (χ1) is 8.20. The normalized spacial score (nSPS) is 10.3. The molecule has 0 saturated carbocycles. The van der Waals surface area contributed by atoms with Gasteiger partial charge in [0.25, 0.3) is 0 Å². The van der Waals surface area contributed by atoms with Gasteiger partial charge in [-0.3, -0.25) is 0 Å². The number of hydrogen-bond donors (Lipinski definition) is 1. The summed E-state index contributed by atoms with van der Waals surface area (Å²) >= 11 is 3.40. The predicted octanol–water partition coefficient (Wildman–Crippen LogP) is 2.76. The van der Waals surface area contributed by atoms with Crippen LogP contribution in [0.2, 0.25) is 0 Å². The number of halogens is 1. The molecule has 0 saturated heterocycles. The molecular formula is C11H12BrN3O2. The molecule has 90 valence electrons. The molecule has 0 radical (unpaired) electrons. The molecule has 1 aromatic carbocycles. The molecule has 0 bridgehead atoms. The topological polar surface area (TPSA) is 60.2 Å². The Kier molecular flexibility index (Phi) is 3.63. The fourth-order valence-electron chi connectivity index (χ4n) is 1.37. The van der Waals surface area contributed by atoms with Crippen LogP contribution in [0.4, 0.5) is 5.69 Å². The van der Waals surface area contributed by atoms with Gasteiger partial charge in [-0.1, -0.05) is 10.3 Å². The molecule has 0 amide bonds. The second-order valence-electron chi connectivity index (χ2n) is 3.50. The molecule has 0 unspecified atom stereocenters. The Hall–Kier alpha value is -1.56. The van der Waals surface area contributed by atoms with Gasteiger partial charge >= 0.3 is 0 Å². The highest BCUT2D eigenvalue weighted by Gasteiger charge is 2.05. The minimum atomic E-state index is 0.570. The van der Waals surface area contributed by atoms with E-state index >= 15 is 0 Å². The lowest BCUT2D eigenvalue weighted by Gasteiger charge is -2.08. The Labute approximate surface area is 107 Å². The van der Waals surface area contributed by atoms with Gasteiger partial charge < -0.3 is 10.1 Å². The molecule has 1 aromatic heterocycles. The van der Waals surface area contributed by atoms with Crippen molar-refractivity contribution in [2.75, 3.05) is 12.4 Å². The van der Waals surface area contributed by atoms with E-state index in [-0.39, 0.29) is 0 Å². The van der Waals surface area contributed by atoms with Crippen LogP contribution in [-0.2, 0) is 6.54 Å². The van der Waals surface area contributed by atoms with Gasteiger partial charge in [-0.25, -0.2) is 4.63 Å². The Morgan fingerprint density at radius 2 is 2.24 bits per heavy atom. The Morgan fingerprint density at radius 1 is 1.41 bits per heavy atom. The Bertz CT molecular complexity index is 513. The molecule has 17 heavy (non-hydrogen) atoms. The van der Waals surface area contributed by atoms with Crippen molar-refractivity contribution < 1.29 is 9.37 Å². The largest absolute Gasteiger partial charge is 0.495 e. The van der Waals surface area contributed by atoms with Crippen molar-refractivity contribution >= 4 is 21.6 Å². The lowest BCUT2D eigenvalue weighted by Crippen LogP contribution is -2.01. The molecule has 2 rings (SSSR count). The summed E-state index contributed by atoms with van der Waals surface area (Å²) < 4.78 is 10.8. The fraction of sp³-hybridized carbons (Fsp3) is 0.273. The van der Waals surface area contributed by atoms with E-state index in [0.29, 0.717) is 6.54 Å². The van der Waals surface area contributed by atoms with Crippen molar-refractivity contribution in [1.82, 2.24) is 10.3 Å². The minimum absolute atomic E-state index is 0.570. The van der Waals surface area contributed by atoms with Crippen molar-refractivity contribution in [2.24, 2.45) is 0 Å². The zero-order valence-electron chi connectivity index (χ0n) is 9.53. The van der Waals surface area contributed by atoms with Gasteiger partial charge in [-0.05, 0) is 35.0 Å². The first-order valence-electron chi connectivity index (χ1n) is 5.06. The first-order valence-corrected chi connectivity index (χ1v) is 5.85. The smallest absolute Gasteiger partial charge is 0.135 e. The van der Waals surface area contributed by atoms with Gasteiger partial charge in [0.2, 0.25) is 0 Å². The zero-order valence-corrected chi connectivity index (χ0v) is 11.1. The van der Waals surface area contributed by atoms with Crippen molar-refractivity contribution in [3.05, 3.63) is 34.1 Å². The van der Waals surface area contributed by atoms with Crippen LogP contribution in [0, 0.1) is 6.92 Å². The van der Waals surface area contributed by atoms with Gasteiger partial charge in [0.15, 0.2) is 0 Å². The van der Waals surface area contributed by atoms with E-state index in [1.54, 1.807) is 7.11 Å². The number of hydrogen-bond acceptors (Lipinski definition) is 5. The number of aromatic nitrogens is 2. The quantitative estimate of drug-likeness (QED) is 0.940. The summed E-state index contributed by atoms with van der Waals surface area (Å²) in [5.41, 5.74) is 2.54. The van der Waals surface area contributed by atoms with Crippen LogP contribution in [-0.4, -0.2) is 17.4 Å². The summed E-state index contributed by atoms with van der Waals surface area (Å²) in [5.74, 6) is 0.782. The number of nitrogens with one attached hydrogen (secondary N) is 1. The van der Waals surface area contributed by atoms with Crippen molar-refractivity contribution in [1.29, 1.82) is 0 Å². The minimum Gasteiger partial charge on any atom is -0.495 e. The molecule has 0 fully saturated rings. The van der Waals surface area contributed by atoms with Gasteiger partial charge in [0.1, 0.15) is 17.1 Å². The summed E-state index contributed by atoms with van der Waals surface area (Å²) in [6, 6.07) is 5.79. The van der Waals surface area contributed by atoms with Crippen LogP contribution in [0.25, 0.3) is 0 Å². The molecule has 0 aliphatic rings. The lowest BCUT2D eigenvalue weighted by molar-refractivity contribution is 0.301. The second-order valence-corrected chi connectivity index (χ2v) is 4.35. The van der Waals surface area contributed by atoms with Crippen LogP contribution in [0.5, 0.6) is 5.75 Å². The van der Waals surface area contributed by atoms with Crippen molar-refractivity contribution in [3.8, 4) is 5.75 Å². The average molecular weight is 298 g/mol. The van der Waals surface area contributed by atoms with E-state index in [4.69, 9.17) is 4.74 Å². The number of ether oxygens (including phenoxy) is 1. The fourth-order valence-corrected chi connectivity index (χ4v) is 1.77. The summed E-state index contributed by atoms with van der Waals surface area (Å²) in [6.07, 6.45) is 0. The monoisotopic (exact) mass is 297 g/mol. The number of benzene rings is 1. The molecular weight excluding hydrogens is 286 g/mol. The van der Waals surface area contributed by atoms with Crippen LogP contribution in [0.15, 0.2) is 27.3 Å². The second kappa shape index (κ2) is 5.18. The SMILES string of the molecule is COc1cc(NCc2nonc2C)ccc1Br. The Morgan fingerprint density at radius 3 is 2.88 bits per heavy atom. The summed E-state index contributed by atoms with van der Waals surface area (Å²) in [4.78, 5) is 0. The highest BCUT2D eigenvalue weighted by atomic mass is 79.9. The average Bonchev–Trinajstić information content (AvgIpc) is 2.74. The maximum Gasteiger partial charge on any atom is 0.135 e. The molecule has 1 heterocycles. The standard InChI is InChI=1S/C11H12BrN3O2/c1-7-10(15-17-14-7)6-13-8-3-4-9(12)11(5-8)16-2/h3-5,13H,6H2,1-2H3. The van der Waals surface area contributed by atoms with Crippen LogP contribution >= 0.6 is 15.9 Å². The number of methoxy groups -OCH3 is 1. The predicted molar refractivity (Wildman–Crippen MR) is 67.1 cm³/mol. The molecule has 0 atom stereocenters. The third-order valence-electron chi connectivity index (χ3n) is 2.36. The summed E-state index contributed by atoms with van der Waals surface area (Å²) in [5, 5.41) is 10.7. The van der Waals surface area contributed by atoms with Crippen LogP contribution in [0.1, 0.15) is 11.4 Å². The molecule has 1 N–H and O–H groups in total. The molecule has 0 aliphatic heterocycles. The maximum absolute atomic E-state index is 5.21. The van der Waals surface area contributed by atoms with Gasteiger partial charge in [-0.15, -0.1) is 0 Å². The highest BCUT2D eigenvalue weighted by molar-refractivity contribution is 9.10. The molecule has 6 heteroatoms. The summed E-state index contributed by atoms with van der Waals surface area (Å²) in [7, 11) is 1.63. The van der Waals surface area contributed by atoms with E-state index in [0.717, 1.165) is 27.3 Å². The van der Waals surface area contributed by atoms with Gasteiger partial charge in [0.05, 0.1) is 18.1 Å². The molecule has 0 spiro atoms. The maximum atomic E-state index is 5.21. The van der Waals surface area contributed by atoms with Crippen LogP contribution < -0.4 is 10.1 Å². The number of aryl methyl sites for hydroxylation is 1. The number of anilines is 1.